The zero-order chi connectivity index (χ0) is 16.4. The molecule has 0 aliphatic rings. The van der Waals surface area contributed by atoms with Crippen LogP contribution in [-0.4, -0.2) is 29.5 Å². The molecule has 0 aliphatic heterocycles. The molecule has 2 heterocycles. The number of fused-ring (bicyclic) bond motifs is 1. The number of anilines is 1. The van der Waals surface area contributed by atoms with Crippen molar-refractivity contribution in [2.75, 3.05) is 19.5 Å². The van der Waals surface area contributed by atoms with E-state index in [2.05, 4.69) is 10.3 Å². The molecule has 0 atom stereocenters. The number of imidazole rings is 1. The second kappa shape index (κ2) is 6.00. The summed E-state index contributed by atoms with van der Waals surface area (Å²) in [5, 5.41) is 2.86. The molecule has 0 fully saturated rings. The van der Waals surface area contributed by atoms with Crippen molar-refractivity contribution in [3.63, 3.8) is 0 Å². The number of aryl methyl sites for hydroxylation is 1. The molecule has 6 heteroatoms. The summed E-state index contributed by atoms with van der Waals surface area (Å²) in [6.45, 7) is 1.92. The molecule has 0 saturated heterocycles. The van der Waals surface area contributed by atoms with E-state index in [1.165, 1.54) is 7.11 Å². The number of nitrogens with one attached hydrogen (secondary N) is 1. The molecule has 6 nitrogen and oxygen atoms in total. The monoisotopic (exact) mass is 311 g/mol. The summed E-state index contributed by atoms with van der Waals surface area (Å²) >= 11 is 0. The van der Waals surface area contributed by atoms with Crippen molar-refractivity contribution in [3.8, 4) is 11.5 Å². The van der Waals surface area contributed by atoms with Crippen LogP contribution >= 0.6 is 0 Å². The molecule has 0 unspecified atom stereocenters. The van der Waals surface area contributed by atoms with Crippen LogP contribution in [0.2, 0.25) is 0 Å². The van der Waals surface area contributed by atoms with Crippen molar-refractivity contribution in [1.29, 1.82) is 0 Å². The summed E-state index contributed by atoms with van der Waals surface area (Å²) in [4.78, 5) is 16.8. The Kier molecular flexibility index (Phi) is 3.89. The molecule has 0 aliphatic carbocycles. The Labute approximate surface area is 133 Å². The summed E-state index contributed by atoms with van der Waals surface area (Å²) in [5.74, 6) is 0.843. The van der Waals surface area contributed by atoms with Crippen molar-refractivity contribution in [3.05, 3.63) is 54.0 Å². The fraction of sp³-hybridized carbons (Fsp3) is 0.176. The van der Waals surface area contributed by atoms with Crippen LogP contribution in [0, 0.1) is 6.92 Å². The largest absolute Gasteiger partial charge is 0.497 e. The second-order valence-corrected chi connectivity index (χ2v) is 5.09. The minimum atomic E-state index is -0.249. The first-order chi connectivity index (χ1) is 11.1. The summed E-state index contributed by atoms with van der Waals surface area (Å²) in [7, 11) is 3.09. The lowest BCUT2D eigenvalue weighted by Crippen LogP contribution is -2.13. The number of hydrogen-bond acceptors (Lipinski definition) is 4. The lowest BCUT2D eigenvalue weighted by atomic mass is 10.1. The van der Waals surface area contributed by atoms with Gasteiger partial charge in [-0.1, -0.05) is 0 Å². The minimum absolute atomic E-state index is 0.249. The highest BCUT2D eigenvalue weighted by Crippen LogP contribution is 2.25. The summed E-state index contributed by atoms with van der Waals surface area (Å²) < 4.78 is 12.3. The molecule has 0 spiro atoms. The Morgan fingerprint density at radius 1 is 1.13 bits per heavy atom. The third kappa shape index (κ3) is 2.96. The lowest BCUT2D eigenvalue weighted by Gasteiger charge is -2.11. The van der Waals surface area contributed by atoms with Gasteiger partial charge in [-0.3, -0.25) is 4.79 Å². The quantitative estimate of drug-likeness (QED) is 0.804. The maximum atomic E-state index is 12.5. The van der Waals surface area contributed by atoms with Crippen LogP contribution in [0.25, 0.3) is 5.65 Å². The molecule has 118 valence electrons. The van der Waals surface area contributed by atoms with Gasteiger partial charge in [0.25, 0.3) is 5.91 Å². The minimum Gasteiger partial charge on any atom is -0.497 e. The number of carbonyl (C=O) groups excluding carboxylic acids is 1. The fourth-order valence-electron chi connectivity index (χ4n) is 2.38. The number of aromatic nitrogens is 2. The van der Waals surface area contributed by atoms with Crippen LogP contribution in [0.3, 0.4) is 0 Å². The third-order valence-electron chi connectivity index (χ3n) is 3.48. The molecule has 1 N–H and O–H groups in total. The second-order valence-electron chi connectivity index (χ2n) is 5.09. The number of benzene rings is 1. The van der Waals surface area contributed by atoms with Gasteiger partial charge in [0.05, 0.1) is 31.2 Å². The van der Waals surface area contributed by atoms with Gasteiger partial charge in [0.1, 0.15) is 17.1 Å². The Morgan fingerprint density at radius 3 is 2.70 bits per heavy atom. The third-order valence-corrected chi connectivity index (χ3v) is 3.48. The van der Waals surface area contributed by atoms with E-state index < -0.39 is 0 Å². The summed E-state index contributed by atoms with van der Waals surface area (Å²) in [6.07, 6.45) is 3.72. The molecule has 2 aromatic heterocycles. The van der Waals surface area contributed by atoms with E-state index >= 15 is 0 Å². The van der Waals surface area contributed by atoms with Gasteiger partial charge in [-0.2, -0.15) is 0 Å². The summed E-state index contributed by atoms with van der Waals surface area (Å²) in [6, 6.07) is 8.74. The van der Waals surface area contributed by atoms with Crippen molar-refractivity contribution in [2.24, 2.45) is 0 Å². The van der Waals surface area contributed by atoms with E-state index in [-0.39, 0.29) is 5.91 Å². The van der Waals surface area contributed by atoms with Gasteiger partial charge in [0.15, 0.2) is 0 Å². The molecule has 23 heavy (non-hydrogen) atoms. The summed E-state index contributed by atoms with van der Waals surface area (Å²) in [5.41, 5.74) is 2.88. The van der Waals surface area contributed by atoms with Gasteiger partial charge in [0.2, 0.25) is 0 Å². The van der Waals surface area contributed by atoms with E-state index in [0.29, 0.717) is 22.7 Å². The topological polar surface area (TPSA) is 64.9 Å². The number of hydrogen-bond donors (Lipinski definition) is 1. The van der Waals surface area contributed by atoms with Crippen LogP contribution in [0.1, 0.15) is 16.1 Å². The maximum absolute atomic E-state index is 12.5. The van der Waals surface area contributed by atoms with Gasteiger partial charge in [-0.25, -0.2) is 4.98 Å². The van der Waals surface area contributed by atoms with E-state index in [0.717, 1.165) is 11.3 Å². The Bertz CT molecular complexity index is 871. The number of pyridine rings is 1. The molecule has 0 saturated carbocycles. The van der Waals surface area contributed by atoms with Crippen LogP contribution in [-0.2, 0) is 0 Å². The van der Waals surface area contributed by atoms with Crippen molar-refractivity contribution in [1.82, 2.24) is 9.38 Å². The average Bonchev–Trinajstić information content (AvgIpc) is 2.93. The number of amides is 1. The maximum Gasteiger partial charge on any atom is 0.259 e. The zero-order valence-electron chi connectivity index (χ0n) is 13.2. The number of nitrogens with zero attached hydrogens (tertiary/aromatic N) is 2. The molecule has 0 bridgehead atoms. The molecule has 0 radical (unpaired) electrons. The number of methoxy groups -OCH3 is 2. The van der Waals surface area contributed by atoms with E-state index in [1.807, 2.05) is 35.9 Å². The van der Waals surface area contributed by atoms with Gasteiger partial charge >= 0.3 is 0 Å². The Hall–Kier alpha value is -3.02. The average molecular weight is 311 g/mol. The Balaban J connectivity index is 1.87. The zero-order valence-corrected chi connectivity index (χ0v) is 13.2. The van der Waals surface area contributed by atoms with Gasteiger partial charge < -0.3 is 19.2 Å². The van der Waals surface area contributed by atoms with E-state index in [9.17, 15) is 4.79 Å². The number of rotatable bonds is 4. The van der Waals surface area contributed by atoms with E-state index in [1.54, 1.807) is 25.3 Å². The SMILES string of the molecule is COc1ccc(C(=O)Nc2ccc3nc(C)cn3c2)c(OC)c1. The molecule has 1 amide bonds. The highest BCUT2D eigenvalue weighted by Gasteiger charge is 2.14. The van der Waals surface area contributed by atoms with Crippen molar-refractivity contribution in [2.45, 2.75) is 6.92 Å². The Morgan fingerprint density at radius 2 is 1.96 bits per heavy atom. The number of ether oxygens (including phenoxy) is 2. The predicted octanol–water partition coefficient (Wildman–Crippen LogP) is 2.91. The first-order valence-electron chi connectivity index (χ1n) is 7.09. The van der Waals surface area contributed by atoms with Gasteiger partial charge in [-0.15, -0.1) is 0 Å². The normalized spacial score (nSPS) is 10.6. The predicted molar refractivity (Wildman–Crippen MR) is 87.4 cm³/mol. The molecular weight excluding hydrogens is 294 g/mol. The van der Waals surface area contributed by atoms with Crippen molar-refractivity contribution < 1.29 is 14.3 Å². The molecule has 3 rings (SSSR count). The first-order valence-corrected chi connectivity index (χ1v) is 7.09. The van der Waals surface area contributed by atoms with Gasteiger partial charge in [-0.05, 0) is 31.2 Å². The number of carbonyl (C=O) groups is 1. The van der Waals surface area contributed by atoms with Crippen LogP contribution < -0.4 is 14.8 Å². The molecular formula is C17H17N3O3. The standard InChI is InChI=1S/C17H17N3O3/c1-11-9-20-10-12(4-7-16(20)18-11)19-17(21)14-6-5-13(22-2)8-15(14)23-3/h4-10H,1-3H3,(H,19,21). The lowest BCUT2D eigenvalue weighted by molar-refractivity contribution is 0.102. The molecule has 1 aromatic carbocycles. The van der Waals surface area contributed by atoms with Crippen LogP contribution in [0.5, 0.6) is 11.5 Å². The van der Waals surface area contributed by atoms with Crippen LogP contribution in [0.4, 0.5) is 5.69 Å². The van der Waals surface area contributed by atoms with Crippen molar-refractivity contribution >= 4 is 17.2 Å². The fourth-order valence-corrected chi connectivity index (χ4v) is 2.38. The highest BCUT2D eigenvalue weighted by molar-refractivity contribution is 6.06. The molecule has 3 aromatic rings. The van der Waals surface area contributed by atoms with Gasteiger partial charge in [0, 0.05) is 18.5 Å². The highest BCUT2D eigenvalue weighted by atomic mass is 16.5. The first kappa shape index (κ1) is 14.9. The smallest absolute Gasteiger partial charge is 0.259 e. The van der Waals surface area contributed by atoms with E-state index in [4.69, 9.17) is 9.47 Å². The van der Waals surface area contributed by atoms with Crippen LogP contribution in [0.15, 0.2) is 42.7 Å².